The number of amides is 4. The number of rotatable bonds is 36. The molecule has 0 fully saturated rings. The first-order chi connectivity index (χ1) is 26.6. The summed E-state index contributed by atoms with van der Waals surface area (Å²) < 4.78 is 48.4. The summed E-state index contributed by atoms with van der Waals surface area (Å²) in [5.41, 5.74) is 6.70. The summed E-state index contributed by atoms with van der Waals surface area (Å²) in [6, 6.07) is 5.16. The van der Waals surface area contributed by atoms with Gasteiger partial charge in [-0.05, 0) is 37.5 Å². The van der Waals surface area contributed by atoms with Crippen molar-refractivity contribution >= 4 is 29.3 Å². The van der Waals surface area contributed by atoms with Gasteiger partial charge in [0.25, 0.3) is 0 Å². The summed E-state index contributed by atoms with van der Waals surface area (Å²) >= 11 is 0. The summed E-state index contributed by atoms with van der Waals surface area (Å²) in [6.07, 6.45) is 0. The summed E-state index contributed by atoms with van der Waals surface area (Å²) in [7, 11) is 0. The van der Waals surface area contributed by atoms with Crippen LogP contribution in [0.3, 0.4) is 0 Å². The summed E-state index contributed by atoms with van der Waals surface area (Å²) in [6.45, 7) is 16.1. The summed E-state index contributed by atoms with van der Waals surface area (Å²) in [5, 5.41) is 10.6. The number of anilines is 1. The Bertz CT molecular complexity index is 1150. The van der Waals surface area contributed by atoms with E-state index in [1.165, 1.54) is 0 Å². The van der Waals surface area contributed by atoms with Gasteiger partial charge < -0.3 is 69.6 Å². The predicted octanol–water partition coefficient (Wildman–Crippen LogP) is -0.323. The highest BCUT2D eigenvalue weighted by atomic mass is 16.6. The lowest BCUT2D eigenvalue weighted by Crippen LogP contribution is -2.54. The molecule has 6 N–H and O–H groups in total. The Balaban J connectivity index is 1.93. The van der Waals surface area contributed by atoms with Gasteiger partial charge in [0, 0.05) is 18.8 Å². The lowest BCUT2D eigenvalue weighted by Gasteiger charge is -2.23. The molecule has 18 nitrogen and oxygen atoms in total. The minimum atomic E-state index is -0.913. The van der Waals surface area contributed by atoms with Crippen LogP contribution in [-0.4, -0.2) is 168 Å². The SMILES string of the molecule is [CH2]c1ccc(NC(=O)[C@H](C)NC(=O)[C@@H](NC(=O)COCC(=O)NCCOCCOCCOCCOCCOCCOCCOCCOCCN)C(C)C)cc1. The molecule has 0 aliphatic carbocycles. The highest BCUT2D eigenvalue weighted by Gasteiger charge is 2.27. The maximum atomic E-state index is 12.8. The van der Waals surface area contributed by atoms with Crippen molar-refractivity contribution in [3.05, 3.63) is 36.8 Å². The van der Waals surface area contributed by atoms with E-state index in [9.17, 15) is 19.2 Å². The van der Waals surface area contributed by atoms with Crippen molar-refractivity contribution in [2.24, 2.45) is 11.7 Å². The zero-order valence-electron chi connectivity index (χ0n) is 32.8. The smallest absolute Gasteiger partial charge is 0.246 e. The Morgan fingerprint density at radius 1 is 0.564 bits per heavy atom. The number of ether oxygens (including phenoxy) is 9. The number of nitrogens with two attached hydrogens (primary N) is 1. The van der Waals surface area contributed by atoms with E-state index in [4.69, 9.17) is 48.4 Å². The first kappa shape index (κ1) is 49.7. The molecule has 55 heavy (non-hydrogen) atoms. The second-order valence-electron chi connectivity index (χ2n) is 12.2. The van der Waals surface area contributed by atoms with Crippen molar-refractivity contribution in [3.8, 4) is 0 Å². The molecule has 1 aromatic carbocycles. The number of benzene rings is 1. The molecule has 0 aromatic heterocycles. The minimum absolute atomic E-state index is 0.251. The lowest BCUT2D eigenvalue weighted by atomic mass is 10.0. The van der Waals surface area contributed by atoms with Gasteiger partial charge in [0.2, 0.25) is 23.6 Å². The van der Waals surface area contributed by atoms with E-state index in [1.54, 1.807) is 45.0 Å². The van der Waals surface area contributed by atoms with Crippen LogP contribution in [-0.2, 0) is 61.8 Å². The maximum absolute atomic E-state index is 12.8. The standard InChI is InChI=1S/C37H64N5O13/c1-29(2)35(37(46)40-31(4)36(45)41-32-7-5-30(3)6-8-32)42-34(44)28-55-27-33(43)39-10-12-48-14-16-50-18-20-52-22-24-54-26-25-53-23-21-51-19-17-49-15-13-47-11-9-38/h5-8,29,31,35H,3,9-28,38H2,1-2,4H3,(H,39,43)(H,40,46)(H,41,45)(H,42,44)/t31-,35-/m0/s1. The predicted molar refractivity (Wildman–Crippen MR) is 203 cm³/mol. The molecule has 0 bridgehead atoms. The van der Waals surface area contributed by atoms with Crippen molar-refractivity contribution in [1.82, 2.24) is 16.0 Å². The van der Waals surface area contributed by atoms with E-state index >= 15 is 0 Å². The van der Waals surface area contributed by atoms with Crippen LogP contribution >= 0.6 is 0 Å². The Kier molecular flexibility index (Phi) is 30.7. The first-order valence-corrected chi connectivity index (χ1v) is 18.6. The molecule has 0 saturated carbocycles. The van der Waals surface area contributed by atoms with Crippen LogP contribution < -0.4 is 27.0 Å². The number of carbonyl (C=O) groups excluding carboxylic acids is 4. The third-order valence-corrected chi connectivity index (χ3v) is 7.14. The van der Waals surface area contributed by atoms with E-state index < -0.39 is 42.3 Å². The maximum Gasteiger partial charge on any atom is 0.246 e. The summed E-state index contributed by atoms with van der Waals surface area (Å²) in [4.78, 5) is 49.8. The van der Waals surface area contributed by atoms with Crippen LogP contribution in [0.4, 0.5) is 5.69 Å². The molecule has 0 unspecified atom stereocenters. The molecule has 315 valence electrons. The van der Waals surface area contributed by atoms with Gasteiger partial charge in [-0.1, -0.05) is 26.0 Å². The van der Waals surface area contributed by atoms with Crippen LogP contribution in [0, 0.1) is 12.8 Å². The van der Waals surface area contributed by atoms with Gasteiger partial charge in [0.05, 0.1) is 106 Å². The van der Waals surface area contributed by atoms with Gasteiger partial charge in [0.15, 0.2) is 0 Å². The van der Waals surface area contributed by atoms with Crippen molar-refractivity contribution in [3.63, 3.8) is 0 Å². The third kappa shape index (κ3) is 28.7. The fraction of sp³-hybridized carbons (Fsp3) is 0.703. The third-order valence-electron chi connectivity index (χ3n) is 7.14. The van der Waals surface area contributed by atoms with Crippen LogP contribution in [0.2, 0.25) is 0 Å². The molecule has 0 saturated heterocycles. The Labute approximate surface area is 325 Å². The Morgan fingerprint density at radius 2 is 0.982 bits per heavy atom. The molecule has 4 amide bonds. The van der Waals surface area contributed by atoms with Crippen LogP contribution in [0.1, 0.15) is 26.3 Å². The number of hydrogen-bond acceptors (Lipinski definition) is 14. The first-order valence-electron chi connectivity index (χ1n) is 18.6. The van der Waals surface area contributed by atoms with Gasteiger partial charge in [-0.15, -0.1) is 0 Å². The van der Waals surface area contributed by atoms with Gasteiger partial charge in [-0.2, -0.15) is 0 Å². The average Bonchev–Trinajstić information content (AvgIpc) is 3.15. The minimum Gasteiger partial charge on any atom is -0.378 e. The summed E-state index contributed by atoms with van der Waals surface area (Å²) in [5.74, 6) is -2.21. The fourth-order valence-electron chi connectivity index (χ4n) is 4.23. The van der Waals surface area contributed by atoms with Crippen molar-refractivity contribution in [2.75, 3.05) is 137 Å². The molecule has 1 radical (unpaired) electrons. The molecule has 1 rings (SSSR count). The Hall–Kier alpha value is -3.30. The molecule has 1 aromatic rings. The molecule has 0 aliphatic rings. The number of hydrogen-bond donors (Lipinski definition) is 5. The molecular weight excluding hydrogens is 722 g/mol. The molecular formula is C37H64N5O13. The molecule has 0 spiro atoms. The number of carbonyl (C=O) groups is 4. The van der Waals surface area contributed by atoms with Crippen LogP contribution in [0.25, 0.3) is 0 Å². The zero-order chi connectivity index (χ0) is 40.4. The van der Waals surface area contributed by atoms with E-state index in [1.807, 2.05) is 0 Å². The molecule has 18 heteroatoms. The molecule has 0 aliphatic heterocycles. The monoisotopic (exact) mass is 786 g/mol. The van der Waals surface area contributed by atoms with Crippen LogP contribution in [0.5, 0.6) is 0 Å². The molecule has 0 heterocycles. The normalized spacial score (nSPS) is 12.3. The largest absolute Gasteiger partial charge is 0.378 e. The quantitative estimate of drug-likeness (QED) is 0.0550. The highest BCUT2D eigenvalue weighted by Crippen LogP contribution is 2.09. The van der Waals surface area contributed by atoms with Gasteiger partial charge in [-0.3, -0.25) is 19.2 Å². The second kappa shape index (κ2) is 34.0. The van der Waals surface area contributed by atoms with Gasteiger partial charge in [0.1, 0.15) is 25.3 Å². The zero-order valence-corrected chi connectivity index (χ0v) is 32.8. The average molecular weight is 787 g/mol. The molecule has 2 atom stereocenters. The van der Waals surface area contributed by atoms with Gasteiger partial charge in [-0.25, -0.2) is 0 Å². The fourth-order valence-corrected chi connectivity index (χ4v) is 4.23. The van der Waals surface area contributed by atoms with E-state index in [-0.39, 0.29) is 25.7 Å². The van der Waals surface area contributed by atoms with Crippen LogP contribution in [0.15, 0.2) is 24.3 Å². The Morgan fingerprint density at radius 3 is 1.42 bits per heavy atom. The van der Waals surface area contributed by atoms with Crippen molar-refractivity contribution in [1.29, 1.82) is 0 Å². The number of nitrogens with one attached hydrogen (secondary N) is 4. The van der Waals surface area contributed by atoms with E-state index in [0.717, 1.165) is 5.56 Å². The van der Waals surface area contributed by atoms with Crippen molar-refractivity contribution in [2.45, 2.75) is 32.9 Å². The topological polar surface area (TPSA) is 225 Å². The van der Waals surface area contributed by atoms with E-state index in [0.29, 0.717) is 111 Å². The lowest BCUT2D eigenvalue weighted by molar-refractivity contribution is -0.135. The van der Waals surface area contributed by atoms with Crippen molar-refractivity contribution < 1.29 is 61.8 Å². The highest BCUT2D eigenvalue weighted by molar-refractivity contribution is 5.98. The van der Waals surface area contributed by atoms with E-state index in [2.05, 4.69) is 28.2 Å². The second-order valence-corrected chi connectivity index (χ2v) is 12.2. The van der Waals surface area contributed by atoms with Gasteiger partial charge >= 0.3 is 0 Å².